The SMILES string of the molecule is CCCCCCCC(=O)OC[C@H](COP(=O)(O)OC[C@H](O)COP(=O)(O)OC[C@@H](COC(=O)CCCCCCCCCCCCCCCC(C)C)OC(=O)CCCCCCCCCCCCCCCCCCCCC(C)C)OC(=O)CCCCCCCCCCCC(C)C. The molecule has 0 heterocycles. The summed E-state index contributed by atoms with van der Waals surface area (Å²) in [5.74, 6) is 0.217. The van der Waals surface area contributed by atoms with Crippen molar-refractivity contribution in [1.29, 1.82) is 0 Å². The molecule has 0 bridgehead atoms. The lowest BCUT2D eigenvalue weighted by molar-refractivity contribution is -0.161. The molecule has 0 aliphatic carbocycles. The minimum atomic E-state index is -4.96. The molecule has 0 saturated heterocycles. The molecule has 0 aromatic carbocycles. The van der Waals surface area contributed by atoms with Crippen molar-refractivity contribution >= 4 is 39.5 Å². The third kappa shape index (κ3) is 68.6. The molecule has 0 aliphatic rings. The third-order valence-corrected chi connectivity index (χ3v) is 19.3. The van der Waals surface area contributed by atoms with Crippen LogP contribution >= 0.6 is 15.6 Å². The first-order valence-electron chi connectivity index (χ1n) is 38.8. The Morgan fingerprint density at radius 1 is 0.287 bits per heavy atom. The average Bonchev–Trinajstić information content (AvgIpc) is 1.50. The first kappa shape index (κ1) is 92.1. The van der Waals surface area contributed by atoms with E-state index >= 15 is 0 Å². The van der Waals surface area contributed by atoms with E-state index in [9.17, 15) is 43.2 Å². The summed E-state index contributed by atoms with van der Waals surface area (Å²) in [5.41, 5.74) is 0. The second kappa shape index (κ2) is 65.7. The highest BCUT2D eigenvalue weighted by molar-refractivity contribution is 7.47. The molecule has 2 unspecified atom stereocenters. The lowest BCUT2D eigenvalue weighted by atomic mass is 10.0. The molecule has 3 N–H and O–H groups in total. The van der Waals surface area contributed by atoms with Gasteiger partial charge >= 0.3 is 39.5 Å². The first-order valence-corrected chi connectivity index (χ1v) is 41.8. The topological polar surface area (TPSA) is 237 Å². The Bertz CT molecular complexity index is 1840. The van der Waals surface area contributed by atoms with E-state index in [1.807, 2.05) is 0 Å². The number of carbonyl (C=O) groups excluding carboxylic acids is 4. The highest BCUT2D eigenvalue weighted by Gasteiger charge is 2.30. The molecule has 19 heteroatoms. The van der Waals surface area contributed by atoms with Crippen molar-refractivity contribution in [1.82, 2.24) is 0 Å². The summed E-state index contributed by atoms with van der Waals surface area (Å²) in [4.78, 5) is 72.5. The number of carbonyl (C=O) groups is 4. The zero-order valence-corrected chi connectivity index (χ0v) is 63.2. The van der Waals surface area contributed by atoms with E-state index in [-0.39, 0.29) is 25.7 Å². The molecule has 0 saturated carbocycles. The van der Waals surface area contributed by atoms with E-state index in [0.29, 0.717) is 25.7 Å². The number of aliphatic hydroxyl groups is 1. The summed E-state index contributed by atoms with van der Waals surface area (Å²) < 4.78 is 68.2. The van der Waals surface area contributed by atoms with Crippen molar-refractivity contribution in [2.45, 2.75) is 401 Å². The normalized spacial score (nSPS) is 14.1. The maximum atomic E-state index is 13.1. The van der Waals surface area contributed by atoms with Gasteiger partial charge in [-0.05, 0) is 43.4 Å². The number of phosphoric acid groups is 2. The maximum Gasteiger partial charge on any atom is 0.472 e. The Morgan fingerprint density at radius 2 is 0.489 bits per heavy atom. The number of ether oxygens (including phenoxy) is 4. The summed E-state index contributed by atoms with van der Waals surface area (Å²) in [7, 11) is -9.90. The number of hydrogen-bond donors (Lipinski definition) is 3. The maximum absolute atomic E-state index is 13.1. The van der Waals surface area contributed by atoms with Gasteiger partial charge in [0.25, 0.3) is 0 Å². The van der Waals surface area contributed by atoms with E-state index in [2.05, 4.69) is 48.5 Å². The zero-order valence-electron chi connectivity index (χ0n) is 61.4. The number of rotatable bonds is 73. The van der Waals surface area contributed by atoms with Crippen molar-refractivity contribution < 1.29 is 80.2 Å². The van der Waals surface area contributed by atoms with Gasteiger partial charge in [0.1, 0.15) is 19.3 Å². The van der Waals surface area contributed by atoms with Gasteiger partial charge in [-0.3, -0.25) is 37.3 Å². The zero-order chi connectivity index (χ0) is 69.4. The monoisotopic (exact) mass is 1380 g/mol. The van der Waals surface area contributed by atoms with E-state index in [1.54, 1.807) is 0 Å². The van der Waals surface area contributed by atoms with Crippen molar-refractivity contribution in [3.05, 3.63) is 0 Å². The summed E-state index contributed by atoms with van der Waals surface area (Å²) in [6.45, 7) is 11.8. The number of aliphatic hydroxyl groups excluding tert-OH is 1. The van der Waals surface area contributed by atoms with Crippen molar-refractivity contribution in [2.75, 3.05) is 39.6 Å². The van der Waals surface area contributed by atoms with Crippen LogP contribution in [0.2, 0.25) is 0 Å². The lowest BCUT2D eigenvalue weighted by Crippen LogP contribution is -2.30. The summed E-state index contributed by atoms with van der Waals surface area (Å²) >= 11 is 0. The minimum Gasteiger partial charge on any atom is -0.462 e. The molecule has 0 rings (SSSR count). The predicted molar refractivity (Wildman–Crippen MR) is 381 cm³/mol. The summed E-state index contributed by atoms with van der Waals surface area (Å²) in [5, 5.41) is 10.6. The van der Waals surface area contributed by atoms with Gasteiger partial charge in [0.15, 0.2) is 12.2 Å². The molecule has 0 aliphatic heterocycles. The first-order chi connectivity index (χ1) is 45.2. The molecular formula is C75H146O17P2. The molecule has 94 heavy (non-hydrogen) atoms. The van der Waals surface area contributed by atoms with Crippen LogP contribution in [0.3, 0.4) is 0 Å². The van der Waals surface area contributed by atoms with Gasteiger partial charge in [-0.1, -0.05) is 331 Å². The van der Waals surface area contributed by atoms with E-state index < -0.39 is 97.5 Å². The Labute approximate surface area is 575 Å². The van der Waals surface area contributed by atoms with E-state index in [0.717, 1.165) is 114 Å². The van der Waals surface area contributed by atoms with Crippen LogP contribution in [0.15, 0.2) is 0 Å². The highest BCUT2D eigenvalue weighted by atomic mass is 31.2. The molecule has 0 fully saturated rings. The van der Waals surface area contributed by atoms with E-state index in [1.165, 1.54) is 186 Å². The number of esters is 4. The average molecular weight is 1380 g/mol. The van der Waals surface area contributed by atoms with Crippen LogP contribution in [0, 0.1) is 17.8 Å². The minimum absolute atomic E-state index is 0.104. The van der Waals surface area contributed by atoms with Crippen molar-refractivity contribution in [3.63, 3.8) is 0 Å². The van der Waals surface area contributed by atoms with Crippen LogP contribution in [-0.4, -0.2) is 96.7 Å². The van der Waals surface area contributed by atoms with E-state index in [4.69, 9.17) is 37.0 Å². The predicted octanol–water partition coefficient (Wildman–Crippen LogP) is 21.8. The smallest absolute Gasteiger partial charge is 0.462 e. The second-order valence-electron chi connectivity index (χ2n) is 28.5. The van der Waals surface area contributed by atoms with Gasteiger partial charge in [-0.25, -0.2) is 9.13 Å². The van der Waals surface area contributed by atoms with Crippen LogP contribution in [-0.2, 0) is 65.4 Å². The van der Waals surface area contributed by atoms with Crippen LogP contribution in [0.1, 0.15) is 382 Å². The fourth-order valence-corrected chi connectivity index (χ4v) is 13.0. The van der Waals surface area contributed by atoms with Crippen molar-refractivity contribution in [2.24, 2.45) is 17.8 Å². The van der Waals surface area contributed by atoms with Gasteiger partial charge in [-0.15, -0.1) is 0 Å². The molecule has 0 aromatic heterocycles. The molecule has 558 valence electrons. The quantitative estimate of drug-likeness (QED) is 0.0222. The summed E-state index contributed by atoms with van der Waals surface area (Å²) in [6.07, 6.45) is 51.9. The van der Waals surface area contributed by atoms with Crippen molar-refractivity contribution in [3.8, 4) is 0 Å². The van der Waals surface area contributed by atoms with Gasteiger partial charge in [0, 0.05) is 25.7 Å². The molecule has 5 atom stereocenters. The lowest BCUT2D eigenvalue weighted by Gasteiger charge is -2.21. The third-order valence-electron chi connectivity index (χ3n) is 17.4. The fraction of sp³-hybridized carbons (Fsp3) is 0.947. The molecular weight excluding hydrogens is 1230 g/mol. The van der Waals surface area contributed by atoms with Gasteiger partial charge in [0.2, 0.25) is 0 Å². The van der Waals surface area contributed by atoms with Crippen LogP contribution in [0.25, 0.3) is 0 Å². The number of phosphoric ester groups is 2. The molecule has 0 spiro atoms. The Kier molecular flexibility index (Phi) is 64.3. The largest absolute Gasteiger partial charge is 0.472 e. The Morgan fingerprint density at radius 3 is 0.723 bits per heavy atom. The van der Waals surface area contributed by atoms with Crippen LogP contribution < -0.4 is 0 Å². The van der Waals surface area contributed by atoms with Gasteiger partial charge in [-0.2, -0.15) is 0 Å². The fourth-order valence-electron chi connectivity index (χ4n) is 11.4. The highest BCUT2D eigenvalue weighted by Crippen LogP contribution is 2.45. The van der Waals surface area contributed by atoms with Gasteiger partial charge < -0.3 is 33.8 Å². The molecule has 17 nitrogen and oxygen atoms in total. The second-order valence-corrected chi connectivity index (χ2v) is 31.4. The summed E-state index contributed by atoms with van der Waals surface area (Å²) in [6, 6.07) is 0. The Balaban J connectivity index is 5.13. The Hall–Kier alpha value is -1.94. The number of unbranched alkanes of at least 4 members (excludes halogenated alkanes) is 41. The molecule has 0 radical (unpaired) electrons. The number of hydrogen-bond acceptors (Lipinski definition) is 15. The molecule has 0 aromatic rings. The van der Waals surface area contributed by atoms with Crippen LogP contribution in [0.5, 0.6) is 0 Å². The van der Waals surface area contributed by atoms with Crippen LogP contribution in [0.4, 0.5) is 0 Å². The molecule has 0 amide bonds. The standard InChI is InChI=1S/C75H146O17P2/c1-8-9-10-39-49-56-72(77)85-62-70(91-75(80)59-52-45-38-32-26-29-35-42-48-55-68(6)7)64-89-93(81,82)87-60-69(76)61-88-94(83,84)90-65-71(63-86-73(78)57-50-43-36-30-24-21-17-19-23-28-34-41-47-54-67(4)5)92-74(79)58-51-44-37-31-25-20-16-14-12-11-13-15-18-22-27-33-40-46-53-66(2)3/h66-71,76H,8-65H2,1-7H3,(H,81,82)(H,83,84)/t69-,70+,71+/m0/s1. The van der Waals surface area contributed by atoms with Gasteiger partial charge in [0.05, 0.1) is 26.4 Å².